The molecule has 2 aliphatic carbocycles. The fourth-order valence-corrected chi connectivity index (χ4v) is 6.58. The fraction of sp³-hybridized carbons (Fsp3) is 0.600. The second-order valence-corrected chi connectivity index (χ2v) is 13.3. The number of aliphatic hydroxyl groups excluding tert-OH is 2. The predicted molar refractivity (Wildman–Crippen MR) is 196 cm³/mol. The molecule has 0 bridgehead atoms. The first-order chi connectivity index (χ1) is 23.2. The summed E-state index contributed by atoms with van der Waals surface area (Å²) in [4.78, 5) is 31.2. The maximum atomic E-state index is 13.5. The molecule has 0 fully saturated rings. The molecule has 8 nitrogen and oxygen atoms in total. The molecular weight excluding hydrogens is 604 g/mol. The lowest BCUT2D eigenvalue weighted by Crippen LogP contribution is -2.30. The normalized spacial score (nSPS) is 16.2. The van der Waals surface area contributed by atoms with Crippen molar-refractivity contribution in [2.75, 3.05) is 31.1 Å². The smallest absolute Gasteiger partial charge is 0.202 e. The van der Waals surface area contributed by atoms with Crippen LogP contribution in [0.2, 0.25) is 0 Å². The summed E-state index contributed by atoms with van der Waals surface area (Å²) in [5.74, 6) is -2.81. The first kappa shape index (κ1) is 38.8. The van der Waals surface area contributed by atoms with Gasteiger partial charge in [0.1, 0.15) is 23.0 Å². The molecule has 0 heterocycles. The molecule has 266 valence electrons. The van der Waals surface area contributed by atoms with Crippen molar-refractivity contribution in [3.63, 3.8) is 0 Å². The zero-order valence-electron chi connectivity index (χ0n) is 30.0. The van der Waals surface area contributed by atoms with Crippen LogP contribution in [0.1, 0.15) is 136 Å². The Labute approximate surface area is 288 Å². The van der Waals surface area contributed by atoms with Gasteiger partial charge in [0, 0.05) is 61.8 Å². The largest absolute Gasteiger partial charge is 0.507 e. The molecular formula is C40H60N2O6. The minimum Gasteiger partial charge on any atom is -0.507 e. The average molecular weight is 665 g/mol. The molecule has 8 heteroatoms. The van der Waals surface area contributed by atoms with Gasteiger partial charge in [0.15, 0.2) is 5.78 Å². The van der Waals surface area contributed by atoms with Gasteiger partial charge in [0.25, 0.3) is 0 Å². The maximum Gasteiger partial charge on any atom is 0.202 e. The lowest BCUT2D eigenvalue weighted by atomic mass is 9.78. The third kappa shape index (κ3) is 10.2. The van der Waals surface area contributed by atoms with Gasteiger partial charge in [0.2, 0.25) is 5.78 Å². The van der Waals surface area contributed by atoms with Crippen LogP contribution in [0.4, 0.5) is 5.69 Å². The van der Waals surface area contributed by atoms with Crippen molar-refractivity contribution in [1.82, 2.24) is 4.90 Å². The van der Waals surface area contributed by atoms with Crippen molar-refractivity contribution in [3.8, 4) is 11.5 Å². The van der Waals surface area contributed by atoms with Gasteiger partial charge in [-0.05, 0) is 25.7 Å². The molecule has 48 heavy (non-hydrogen) atoms. The number of nitrogens with zero attached hydrogens (tertiary/aromatic N) is 2. The zero-order valence-corrected chi connectivity index (χ0v) is 30.0. The van der Waals surface area contributed by atoms with Crippen LogP contribution >= 0.6 is 0 Å². The molecule has 0 radical (unpaired) electrons. The second kappa shape index (κ2) is 20.0. The fourth-order valence-electron chi connectivity index (χ4n) is 6.58. The van der Waals surface area contributed by atoms with Gasteiger partial charge in [-0.2, -0.15) is 0 Å². The highest BCUT2D eigenvalue weighted by Crippen LogP contribution is 2.47. The predicted octanol–water partition coefficient (Wildman–Crippen LogP) is 9.58. The highest BCUT2D eigenvalue weighted by molar-refractivity contribution is 6.42. The van der Waals surface area contributed by atoms with Crippen molar-refractivity contribution in [3.05, 3.63) is 58.2 Å². The van der Waals surface area contributed by atoms with Gasteiger partial charge < -0.3 is 30.2 Å². The number of phenolic OH excluding ortho intramolecular Hbond substituents is 2. The number of hydrogen-bond acceptors (Lipinski definition) is 8. The summed E-state index contributed by atoms with van der Waals surface area (Å²) in [5, 5.41) is 44.3. The van der Waals surface area contributed by atoms with E-state index in [2.05, 4.69) is 37.5 Å². The number of carbonyl (C=O) groups is 2. The molecule has 0 atom stereocenters. The van der Waals surface area contributed by atoms with E-state index in [1.165, 1.54) is 24.3 Å². The van der Waals surface area contributed by atoms with Gasteiger partial charge >= 0.3 is 0 Å². The number of ketones is 2. The number of Topliss-reactive ketones (excluding diaryl/α,β-unsaturated/α-hetero) is 1. The van der Waals surface area contributed by atoms with Gasteiger partial charge in [0.05, 0.1) is 22.3 Å². The van der Waals surface area contributed by atoms with Crippen LogP contribution in [-0.4, -0.2) is 63.1 Å². The number of rotatable bonds is 23. The summed E-state index contributed by atoms with van der Waals surface area (Å²) >= 11 is 0. The van der Waals surface area contributed by atoms with Gasteiger partial charge in [-0.25, -0.2) is 0 Å². The summed E-state index contributed by atoms with van der Waals surface area (Å²) < 4.78 is 0. The minimum atomic E-state index is -0.710. The Hall–Kier alpha value is -3.68. The van der Waals surface area contributed by atoms with E-state index in [-0.39, 0.29) is 39.5 Å². The molecule has 0 saturated carbocycles. The molecule has 1 aromatic carbocycles. The van der Waals surface area contributed by atoms with Crippen molar-refractivity contribution in [2.45, 2.75) is 130 Å². The molecule has 0 aromatic heterocycles. The maximum absolute atomic E-state index is 13.5. The lowest BCUT2D eigenvalue weighted by Gasteiger charge is -2.30. The van der Waals surface area contributed by atoms with E-state index in [1.54, 1.807) is 0 Å². The summed E-state index contributed by atoms with van der Waals surface area (Å²) in [5.41, 5.74) is 0.263. The standard InChI is InChI=1S/C40H60N2O6/c1-5-9-13-17-21-41(22-18-14-10-6-2)29-25-31(43)35(32(44)26-29)37-39(47)38(40(37)48)36-33(45)27-30(28-34(36)46)42(23-19-15-11-7-3)24-20-16-12-8-4/h25-28,43-45,47H,5-24H2,1-4H3/b38-36+. The average Bonchev–Trinajstić information content (AvgIpc) is 3.06. The Balaban J connectivity index is 1.87. The van der Waals surface area contributed by atoms with Crippen LogP contribution in [0.3, 0.4) is 0 Å². The second-order valence-electron chi connectivity index (χ2n) is 13.3. The molecule has 3 rings (SSSR count). The topological polar surface area (TPSA) is 122 Å². The molecule has 0 saturated heterocycles. The van der Waals surface area contributed by atoms with Crippen LogP contribution in [0.15, 0.2) is 52.6 Å². The summed E-state index contributed by atoms with van der Waals surface area (Å²) in [7, 11) is 0. The van der Waals surface area contributed by atoms with Crippen molar-refractivity contribution >= 4 is 22.8 Å². The monoisotopic (exact) mass is 664 g/mol. The molecule has 2 aliphatic rings. The quantitative estimate of drug-likeness (QED) is 0.0674. The van der Waals surface area contributed by atoms with Crippen LogP contribution in [0.25, 0.3) is 5.57 Å². The number of phenols is 2. The Morgan fingerprint density at radius 1 is 0.521 bits per heavy atom. The van der Waals surface area contributed by atoms with E-state index in [0.717, 1.165) is 129 Å². The number of allylic oxidation sites excluding steroid dienone is 5. The number of benzene rings is 1. The van der Waals surface area contributed by atoms with E-state index in [9.17, 15) is 30.0 Å². The lowest BCUT2D eigenvalue weighted by molar-refractivity contribution is -0.114. The Kier molecular flexibility index (Phi) is 16.1. The molecule has 1 aromatic rings. The highest BCUT2D eigenvalue weighted by Gasteiger charge is 2.42. The van der Waals surface area contributed by atoms with Crippen molar-refractivity contribution in [2.24, 2.45) is 0 Å². The third-order valence-corrected chi connectivity index (χ3v) is 9.43. The van der Waals surface area contributed by atoms with Gasteiger partial charge in [-0.15, -0.1) is 0 Å². The molecule has 4 N–H and O–H groups in total. The van der Waals surface area contributed by atoms with Gasteiger partial charge in [-0.1, -0.05) is 105 Å². The summed E-state index contributed by atoms with van der Waals surface area (Å²) in [6.07, 6.45) is 20.3. The van der Waals surface area contributed by atoms with E-state index in [4.69, 9.17) is 0 Å². The Morgan fingerprint density at radius 3 is 1.35 bits per heavy atom. The minimum absolute atomic E-state index is 0.171. The highest BCUT2D eigenvalue weighted by atomic mass is 16.3. The summed E-state index contributed by atoms with van der Waals surface area (Å²) in [6, 6.07) is 3.06. The number of aliphatic hydroxyl groups is 2. The molecule has 0 amide bonds. The number of aromatic hydroxyl groups is 2. The zero-order chi connectivity index (χ0) is 35.1. The van der Waals surface area contributed by atoms with Crippen LogP contribution < -0.4 is 4.90 Å². The van der Waals surface area contributed by atoms with Crippen LogP contribution in [0, 0.1) is 0 Å². The van der Waals surface area contributed by atoms with Crippen LogP contribution in [0.5, 0.6) is 11.5 Å². The Morgan fingerprint density at radius 2 is 0.958 bits per heavy atom. The number of anilines is 1. The number of unbranched alkanes of at least 4 members (excludes halogenated alkanes) is 12. The molecule has 0 spiro atoms. The van der Waals surface area contributed by atoms with E-state index in [1.807, 2.05) is 0 Å². The molecule has 0 aliphatic heterocycles. The third-order valence-electron chi connectivity index (χ3n) is 9.43. The van der Waals surface area contributed by atoms with E-state index in [0.29, 0.717) is 11.4 Å². The SMILES string of the molecule is CCCCCCN(CCCCCC)C1=CC(=O)/C(=C2/C(=O)C(c3c(O)cc(N(CCCCCC)CCCCCC)cc3O)=C2O)C(O)=C1. The van der Waals surface area contributed by atoms with Crippen molar-refractivity contribution < 1.29 is 30.0 Å². The van der Waals surface area contributed by atoms with Gasteiger partial charge in [-0.3, -0.25) is 9.59 Å². The number of carbonyl (C=O) groups excluding carboxylic acids is 2. The first-order valence-corrected chi connectivity index (χ1v) is 18.7. The van der Waals surface area contributed by atoms with Crippen LogP contribution in [-0.2, 0) is 9.59 Å². The summed E-state index contributed by atoms with van der Waals surface area (Å²) in [6.45, 7) is 11.8. The van der Waals surface area contributed by atoms with E-state index >= 15 is 0 Å². The molecule has 0 unspecified atom stereocenters. The first-order valence-electron chi connectivity index (χ1n) is 18.7. The van der Waals surface area contributed by atoms with E-state index < -0.39 is 17.3 Å². The van der Waals surface area contributed by atoms with Crippen molar-refractivity contribution in [1.29, 1.82) is 0 Å². The Bertz CT molecular complexity index is 1320. The number of hydrogen-bond donors (Lipinski definition) is 4.